The van der Waals surface area contributed by atoms with Gasteiger partial charge in [0.15, 0.2) is 5.82 Å². The largest absolute Gasteiger partial charge is 0.598 e. The Morgan fingerprint density at radius 3 is 2.64 bits per heavy atom. The third kappa shape index (κ3) is 5.74. The zero-order valence-electron chi connectivity index (χ0n) is 22.8. The van der Waals surface area contributed by atoms with Crippen LogP contribution >= 0.6 is 11.6 Å². The average Bonchev–Trinajstić information content (AvgIpc) is 3.21. The van der Waals surface area contributed by atoms with Crippen LogP contribution in [0.5, 0.6) is 0 Å². The normalized spacial score (nSPS) is 19.3. The van der Waals surface area contributed by atoms with Crippen LogP contribution in [-0.2, 0) is 37.2 Å². The predicted octanol–water partition coefficient (Wildman–Crippen LogP) is 4.32. The van der Waals surface area contributed by atoms with Gasteiger partial charge in [-0.1, -0.05) is 35.9 Å². The number of hydrogen-bond donors (Lipinski definition) is 3. The molecule has 10 heteroatoms. The van der Waals surface area contributed by atoms with Gasteiger partial charge in [0.05, 0.1) is 29.6 Å². The van der Waals surface area contributed by atoms with Crippen LogP contribution in [0.4, 0.5) is 11.6 Å². The number of nitrogens with two attached hydrogens (primary N) is 1. The number of nitrogen functional groups attached to an aromatic ring is 1. The molecular formula is C29H37ClN6O2S. The molecule has 1 aromatic carbocycles. The minimum Gasteiger partial charge on any atom is -0.598 e. The maximum absolute atomic E-state index is 13.2. The number of halogens is 1. The number of aliphatic hydroxyl groups excluding tert-OH is 1. The SMILES string of the molecule is CC(C)(C)[S+]([O-])N[C@@H]1c2ccccc2CC12CCN(c1ncc(CCc3ccnc(N)c3Cl)nc1CO)CC2. The van der Waals surface area contributed by atoms with E-state index in [0.29, 0.717) is 29.4 Å². The van der Waals surface area contributed by atoms with E-state index in [9.17, 15) is 9.66 Å². The van der Waals surface area contributed by atoms with E-state index >= 15 is 0 Å². The second-order valence-electron chi connectivity index (χ2n) is 11.6. The monoisotopic (exact) mass is 568 g/mol. The highest BCUT2D eigenvalue weighted by Gasteiger charge is 2.50. The first-order valence-electron chi connectivity index (χ1n) is 13.5. The van der Waals surface area contributed by atoms with Crippen LogP contribution in [0.1, 0.15) is 67.7 Å². The van der Waals surface area contributed by atoms with Crippen LogP contribution in [-0.4, -0.2) is 42.4 Å². The molecule has 3 heterocycles. The van der Waals surface area contributed by atoms with E-state index in [1.54, 1.807) is 12.4 Å². The summed E-state index contributed by atoms with van der Waals surface area (Å²) in [6.07, 6.45) is 7.55. The second-order valence-corrected chi connectivity index (χ2v) is 14.0. The van der Waals surface area contributed by atoms with Crippen molar-refractivity contribution in [2.45, 2.75) is 70.3 Å². The molecule has 0 saturated carbocycles. The van der Waals surface area contributed by atoms with Crippen molar-refractivity contribution < 1.29 is 9.66 Å². The number of aliphatic hydroxyl groups is 1. The predicted molar refractivity (Wildman–Crippen MR) is 157 cm³/mol. The molecule has 1 saturated heterocycles. The smallest absolute Gasteiger partial charge is 0.152 e. The molecule has 3 aromatic rings. The van der Waals surface area contributed by atoms with Gasteiger partial charge in [-0.25, -0.2) is 15.0 Å². The van der Waals surface area contributed by atoms with Crippen molar-refractivity contribution in [3.8, 4) is 0 Å². The summed E-state index contributed by atoms with van der Waals surface area (Å²) in [4.78, 5) is 15.7. The number of aryl methyl sites for hydroxylation is 2. The van der Waals surface area contributed by atoms with Gasteiger partial charge in [0.2, 0.25) is 0 Å². The van der Waals surface area contributed by atoms with Crippen molar-refractivity contribution in [2.75, 3.05) is 23.7 Å². The van der Waals surface area contributed by atoms with Crippen LogP contribution in [0.15, 0.2) is 42.7 Å². The lowest BCUT2D eigenvalue weighted by Crippen LogP contribution is -2.50. The maximum Gasteiger partial charge on any atom is 0.152 e. The van der Waals surface area contributed by atoms with E-state index in [1.165, 1.54) is 11.1 Å². The van der Waals surface area contributed by atoms with E-state index in [-0.39, 0.29) is 22.8 Å². The van der Waals surface area contributed by atoms with Crippen molar-refractivity contribution in [1.82, 2.24) is 19.7 Å². The van der Waals surface area contributed by atoms with E-state index in [0.717, 1.165) is 49.4 Å². The number of aromatic nitrogens is 3. The number of hydrogen-bond acceptors (Lipinski definition) is 8. The summed E-state index contributed by atoms with van der Waals surface area (Å²) in [6.45, 7) is 7.42. The first-order valence-corrected chi connectivity index (χ1v) is 15.0. The molecule has 2 aliphatic rings. The fourth-order valence-electron chi connectivity index (χ4n) is 5.80. The highest BCUT2D eigenvalue weighted by molar-refractivity contribution is 7.90. The number of fused-ring (bicyclic) bond motifs is 1. The molecule has 2 atom stereocenters. The summed E-state index contributed by atoms with van der Waals surface area (Å²) < 4.78 is 16.3. The van der Waals surface area contributed by atoms with Crippen molar-refractivity contribution in [3.05, 3.63) is 75.8 Å². The summed E-state index contributed by atoms with van der Waals surface area (Å²) in [6, 6.07) is 10.4. The Labute approximate surface area is 238 Å². The van der Waals surface area contributed by atoms with Crippen LogP contribution in [0.2, 0.25) is 5.02 Å². The third-order valence-corrected chi connectivity index (χ3v) is 10.0. The van der Waals surface area contributed by atoms with Gasteiger partial charge in [0.25, 0.3) is 0 Å². The summed E-state index contributed by atoms with van der Waals surface area (Å²) in [5, 5.41) is 10.6. The molecule has 0 radical (unpaired) electrons. The zero-order valence-corrected chi connectivity index (χ0v) is 24.4. The third-order valence-electron chi connectivity index (χ3n) is 8.03. The Morgan fingerprint density at radius 1 is 1.18 bits per heavy atom. The van der Waals surface area contributed by atoms with Crippen LogP contribution < -0.4 is 15.4 Å². The number of pyridine rings is 1. The Hall–Kier alpha value is -2.43. The lowest BCUT2D eigenvalue weighted by atomic mass is 9.73. The minimum absolute atomic E-state index is 0.0144. The number of benzene rings is 1. The molecule has 1 spiro atoms. The van der Waals surface area contributed by atoms with Gasteiger partial charge in [0.1, 0.15) is 16.3 Å². The summed E-state index contributed by atoms with van der Waals surface area (Å²) in [5.41, 5.74) is 10.7. The van der Waals surface area contributed by atoms with Crippen LogP contribution in [0.3, 0.4) is 0 Å². The molecule has 8 nitrogen and oxygen atoms in total. The van der Waals surface area contributed by atoms with Gasteiger partial charge >= 0.3 is 0 Å². The van der Waals surface area contributed by atoms with Gasteiger partial charge < -0.3 is 20.3 Å². The van der Waals surface area contributed by atoms with Gasteiger partial charge in [-0.3, -0.25) is 0 Å². The summed E-state index contributed by atoms with van der Waals surface area (Å²) in [5.74, 6) is 1.06. The van der Waals surface area contributed by atoms with Gasteiger partial charge in [-0.05, 0) is 75.6 Å². The summed E-state index contributed by atoms with van der Waals surface area (Å²) >= 11 is 5.12. The topological polar surface area (TPSA) is 123 Å². The molecule has 0 amide bonds. The minimum atomic E-state index is -1.17. The van der Waals surface area contributed by atoms with E-state index in [4.69, 9.17) is 27.3 Å². The molecule has 39 heavy (non-hydrogen) atoms. The lowest BCUT2D eigenvalue weighted by molar-refractivity contribution is 0.175. The number of nitrogens with one attached hydrogen (secondary N) is 1. The maximum atomic E-state index is 13.2. The Morgan fingerprint density at radius 2 is 1.92 bits per heavy atom. The second kappa shape index (κ2) is 11.2. The standard InChI is InChI=1S/C29H37ClN6O2S/c1-28(2,3)39(38)35-25-22-7-5-4-6-20(22)16-29(25)11-14-36(15-12-29)27-23(18-37)34-21(17-33-27)9-8-19-10-13-32-26(31)24(19)30/h4-7,10,13,17,25,35,37H,8-9,11-12,14-16,18H2,1-3H3,(H2,31,32)/t25-,39?/m1/s1. The lowest BCUT2D eigenvalue weighted by Gasteiger charge is -2.44. The first-order chi connectivity index (χ1) is 18.6. The number of nitrogens with zero attached hydrogens (tertiary/aromatic N) is 4. The number of rotatable bonds is 7. The molecular weight excluding hydrogens is 532 g/mol. The van der Waals surface area contributed by atoms with E-state index in [1.807, 2.05) is 26.8 Å². The van der Waals surface area contributed by atoms with Crippen molar-refractivity contribution in [2.24, 2.45) is 5.41 Å². The van der Waals surface area contributed by atoms with Crippen molar-refractivity contribution in [3.63, 3.8) is 0 Å². The Kier molecular flexibility index (Phi) is 8.08. The molecule has 4 N–H and O–H groups in total. The quantitative estimate of drug-likeness (QED) is 0.360. The fraction of sp³-hybridized carbons (Fsp3) is 0.483. The number of anilines is 2. The highest BCUT2D eigenvalue weighted by atomic mass is 35.5. The summed E-state index contributed by atoms with van der Waals surface area (Å²) in [7, 11) is 0. The molecule has 1 unspecified atom stereocenters. The van der Waals surface area contributed by atoms with Gasteiger partial charge in [-0.2, -0.15) is 0 Å². The molecule has 1 aliphatic heterocycles. The van der Waals surface area contributed by atoms with Gasteiger partial charge in [-0.15, -0.1) is 4.72 Å². The van der Waals surface area contributed by atoms with Crippen molar-refractivity contribution >= 4 is 34.6 Å². The molecule has 5 rings (SSSR count). The van der Waals surface area contributed by atoms with E-state index < -0.39 is 11.4 Å². The van der Waals surface area contributed by atoms with Crippen molar-refractivity contribution in [1.29, 1.82) is 0 Å². The molecule has 2 aromatic heterocycles. The van der Waals surface area contributed by atoms with Gasteiger partial charge in [0, 0.05) is 36.1 Å². The fourth-order valence-corrected chi connectivity index (χ4v) is 6.95. The Bertz CT molecular complexity index is 1330. The molecule has 1 fully saturated rings. The molecule has 0 bridgehead atoms. The first kappa shape index (κ1) is 28.1. The van der Waals surface area contributed by atoms with E-state index in [2.05, 4.69) is 38.9 Å². The average molecular weight is 569 g/mol. The number of piperidine rings is 1. The zero-order chi connectivity index (χ0) is 27.8. The highest BCUT2D eigenvalue weighted by Crippen LogP contribution is 2.53. The van der Waals surface area contributed by atoms with Crippen LogP contribution in [0.25, 0.3) is 0 Å². The molecule has 1 aliphatic carbocycles. The molecule has 208 valence electrons. The van der Waals surface area contributed by atoms with Crippen LogP contribution in [0, 0.1) is 5.41 Å². The Balaban J connectivity index is 1.30.